The Bertz CT molecular complexity index is 1340. The van der Waals surface area contributed by atoms with E-state index < -0.39 is 10.0 Å². The van der Waals surface area contributed by atoms with Crippen molar-refractivity contribution in [2.24, 2.45) is 0 Å². The fraction of sp³-hybridized carbons (Fsp3) is 0.107. The molecular formula is C28H25ClN2O3S. The van der Waals surface area contributed by atoms with Crippen molar-refractivity contribution in [2.45, 2.75) is 12.6 Å². The van der Waals surface area contributed by atoms with E-state index in [-0.39, 0.29) is 18.5 Å². The number of hydrogen-bond donors (Lipinski definition) is 1. The summed E-state index contributed by atoms with van der Waals surface area (Å²) in [6.45, 7) is 0.158. The van der Waals surface area contributed by atoms with Crippen LogP contribution in [0.4, 0.5) is 5.69 Å². The minimum absolute atomic E-state index is 0.158. The van der Waals surface area contributed by atoms with Crippen LogP contribution >= 0.6 is 11.6 Å². The molecule has 0 heterocycles. The number of benzene rings is 4. The first-order chi connectivity index (χ1) is 16.8. The zero-order valence-corrected chi connectivity index (χ0v) is 20.7. The molecule has 0 aromatic heterocycles. The third-order valence-electron chi connectivity index (χ3n) is 5.60. The zero-order chi connectivity index (χ0) is 24.8. The van der Waals surface area contributed by atoms with Gasteiger partial charge in [-0.1, -0.05) is 84.4 Å². The number of sulfonamides is 1. The van der Waals surface area contributed by atoms with Gasteiger partial charge in [0.1, 0.15) is 0 Å². The standard InChI is InChI=1S/C28H25ClN2O3S/c1-35(33,34)31(20-21-12-16-25(29)17-13-21)26-18-14-24(15-19-26)28(32)30-27(22-8-4-2-5-9-22)23-10-6-3-7-11-23/h2-19,27H,20H2,1H3,(H,30,32). The molecule has 4 aromatic carbocycles. The van der Waals surface area contributed by atoms with Crippen LogP contribution in [-0.2, 0) is 16.6 Å². The van der Waals surface area contributed by atoms with Crippen molar-refractivity contribution < 1.29 is 13.2 Å². The normalized spacial score (nSPS) is 11.3. The maximum atomic E-state index is 13.1. The van der Waals surface area contributed by atoms with Gasteiger partial charge in [0.25, 0.3) is 5.91 Å². The van der Waals surface area contributed by atoms with Crippen molar-refractivity contribution in [3.05, 3.63) is 136 Å². The molecule has 0 fully saturated rings. The Kier molecular flexibility index (Phi) is 7.54. The van der Waals surface area contributed by atoms with Gasteiger partial charge in [-0.15, -0.1) is 0 Å². The third kappa shape index (κ3) is 6.29. The van der Waals surface area contributed by atoms with Gasteiger partial charge in [-0.05, 0) is 53.1 Å². The molecule has 4 rings (SSSR count). The summed E-state index contributed by atoms with van der Waals surface area (Å²) in [5.74, 6) is -0.252. The van der Waals surface area contributed by atoms with Gasteiger partial charge in [0.2, 0.25) is 10.0 Å². The lowest BCUT2D eigenvalue weighted by molar-refractivity contribution is 0.0943. The zero-order valence-electron chi connectivity index (χ0n) is 19.1. The number of carbonyl (C=O) groups is 1. The van der Waals surface area contributed by atoms with Gasteiger partial charge in [-0.2, -0.15) is 0 Å². The van der Waals surface area contributed by atoms with E-state index in [9.17, 15) is 13.2 Å². The van der Waals surface area contributed by atoms with Crippen molar-refractivity contribution in [1.82, 2.24) is 5.32 Å². The Morgan fingerprint density at radius 3 is 1.80 bits per heavy atom. The summed E-state index contributed by atoms with van der Waals surface area (Å²) in [4.78, 5) is 13.1. The van der Waals surface area contributed by atoms with E-state index in [4.69, 9.17) is 11.6 Å². The van der Waals surface area contributed by atoms with E-state index in [1.54, 1.807) is 48.5 Å². The number of hydrogen-bond acceptors (Lipinski definition) is 3. The lowest BCUT2D eigenvalue weighted by atomic mass is 9.98. The Labute approximate surface area is 211 Å². The van der Waals surface area contributed by atoms with Crippen LogP contribution in [0.1, 0.15) is 33.1 Å². The van der Waals surface area contributed by atoms with Gasteiger partial charge in [0.15, 0.2) is 0 Å². The van der Waals surface area contributed by atoms with Crippen molar-refractivity contribution in [2.75, 3.05) is 10.6 Å². The highest BCUT2D eigenvalue weighted by Crippen LogP contribution is 2.24. The Morgan fingerprint density at radius 1 is 0.800 bits per heavy atom. The lowest BCUT2D eigenvalue weighted by Gasteiger charge is -2.23. The Balaban J connectivity index is 1.56. The van der Waals surface area contributed by atoms with E-state index in [0.717, 1.165) is 22.9 Å². The number of carbonyl (C=O) groups excluding carboxylic acids is 1. The van der Waals surface area contributed by atoms with E-state index in [2.05, 4.69) is 5.32 Å². The number of anilines is 1. The SMILES string of the molecule is CS(=O)(=O)N(Cc1ccc(Cl)cc1)c1ccc(C(=O)NC(c2ccccc2)c2ccccc2)cc1. The summed E-state index contributed by atoms with van der Waals surface area (Å²) in [5.41, 5.74) is 3.65. The summed E-state index contributed by atoms with van der Waals surface area (Å²) >= 11 is 5.95. The lowest BCUT2D eigenvalue weighted by Crippen LogP contribution is -2.30. The number of nitrogens with one attached hydrogen (secondary N) is 1. The number of rotatable bonds is 8. The Morgan fingerprint density at radius 2 is 1.31 bits per heavy atom. The highest BCUT2D eigenvalue weighted by atomic mass is 35.5. The van der Waals surface area contributed by atoms with Crippen LogP contribution in [0.3, 0.4) is 0 Å². The predicted molar refractivity (Wildman–Crippen MR) is 141 cm³/mol. The Hall–Kier alpha value is -3.61. The van der Waals surface area contributed by atoms with Crippen LogP contribution < -0.4 is 9.62 Å². The molecule has 0 aliphatic carbocycles. The molecule has 7 heteroatoms. The fourth-order valence-electron chi connectivity index (χ4n) is 3.80. The number of amides is 1. The van der Waals surface area contributed by atoms with E-state index >= 15 is 0 Å². The van der Waals surface area contributed by atoms with E-state index in [0.29, 0.717) is 16.3 Å². The second-order valence-corrected chi connectivity index (χ2v) is 10.5. The largest absolute Gasteiger partial charge is 0.341 e. The highest BCUT2D eigenvalue weighted by Gasteiger charge is 2.20. The molecule has 4 aromatic rings. The molecule has 0 atom stereocenters. The van der Waals surface area contributed by atoms with Gasteiger partial charge in [-0.3, -0.25) is 9.10 Å². The molecule has 0 saturated heterocycles. The molecule has 1 N–H and O–H groups in total. The summed E-state index contributed by atoms with van der Waals surface area (Å²) < 4.78 is 26.3. The molecule has 35 heavy (non-hydrogen) atoms. The molecule has 1 amide bonds. The van der Waals surface area contributed by atoms with Gasteiger partial charge in [0.05, 0.1) is 24.5 Å². The first kappa shape index (κ1) is 24.5. The van der Waals surface area contributed by atoms with Crippen molar-refractivity contribution in [3.63, 3.8) is 0 Å². The summed E-state index contributed by atoms with van der Waals surface area (Å²) in [7, 11) is -3.55. The monoisotopic (exact) mass is 504 g/mol. The van der Waals surface area contributed by atoms with Gasteiger partial charge in [0, 0.05) is 10.6 Å². The predicted octanol–water partition coefficient (Wildman–Crippen LogP) is 5.83. The van der Waals surface area contributed by atoms with Crippen LogP contribution in [0.2, 0.25) is 5.02 Å². The van der Waals surface area contributed by atoms with Gasteiger partial charge >= 0.3 is 0 Å². The minimum atomic E-state index is -3.55. The summed E-state index contributed by atoms with van der Waals surface area (Å²) in [6, 6.07) is 32.8. The number of nitrogens with zero attached hydrogens (tertiary/aromatic N) is 1. The second kappa shape index (κ2) is 10.8. The van der Waals surface area contributed by atoms with Gasteiger partial charge in [-0.25, -0.2) is 8.42 Å². The third-order valence-corrected chi connectivity index (χ3v) is 6.99. The minimum Gasteiger partial charge on any atom is -0.341 e. The topological polar surface area (TPSA) is 66.5 Å². The maximum absolute atomic E-state index is 13.1. The number of halogens is 1. The van der Waals surface area contributed by atoms with Gasteiger partial charge < -0.3 is 5.32 Å². The molecule has 0 unspecified atom stereocenters. The molecule has 0 aliphatic rings. The highest BCUT2D eigenvalue weighted by molar-refractivity contribution is 7.92. The molecule has 0 bridgehead atoms. The van der Waals surface area contributed by atoms with Crippen LogP contribution in [0.5, 0.6) is 0 Å². The van der Waals surface area contributed by atoms with Crippen molar-refractivity contribution in [1.29, 1.82) is 0 Å². The maximum Gasteiger partial charge on any atom is 0.252 e. The molecule has 0 radical (unpaired) electrons. The molecular weight excluding hydrogens is 480 g/mol. The molecule has 0 aliphatic heterocycles. The molecule has 178 valence electrons. The first-order valence-electron chi connectivity index (χ1n) is 11.0. The summed E-state index contributed by atoms with van der Waals surface area (Å²) in [6.07, 6.45) is 1.16. The van der Waals surface area contributed by atoms with Crippen LogP contribution in [0.15, 0.2) is 109 Å². The van der Waals surface area contributed by atoms with Crippen molar-refractivity contribution >= 4 is 33.2 Å². The smallest absolute Gasteiger partial charge is 0.252 e. The van der Waals surface area contributed by atoms with Crippen LogP contribution in [-0.4, -0.2) is 20.6 Å². The quantitative estimate of drug-likeness (QED) is 0.328. The average molecular weight is 505 g/mol. The van der Waals surface area contributed by atoms with Crippen molar-refractivity contribution in [3.8, 4) is 0 Å². The van der Waals surface area contributed by atoms with E-state index in [1.165, 1.54) is 4.31 Å². The first-order valence-corrected chi connectivity index (χ1v) is 13.3. The average Bonchev–Trinajstić information content (AvgIpc) is 2.87. The molecule has 0 saturated carbocycles. The fourth-order valence-corrected chi connectivity index (χ4v) is 4.81. The van der Waals surface area contributed by atoms with Crippen LogP contribution in [0, 0.1) is 0 Å². The van der Waals surface area contributed by atoms with Crippen LogP contribution in [0.25, 0.3) is 0 Å². The van der Waals surface area contributed by atoms with E-state index in [1.807, 2.05) is 60.7 Å². The molecule has 0 spiro atoms. The summed E-state index contributed by atoms with van der Waals surface area (Å²) in [5, 5.41) is 3.69. The molecule has 5 nitrogen and oxygen atoms in total. The second-order valence-electron chi connectivity index (χ2n) is 8.17.